The van der Waals surface area contributed by atoms with E-state index in [1.165, 1.54) is 25.7 Å². The van der Waals surface area contributed by atoms with Crippen LogP contribution in [0.25, 0.3) is 0 Å². The molecule has 182 valence electrons. The van der Waals surface area contributed by atoms with Gasteiger partial charge in [0.2, 0.25) is 6.86 Å². The minimum Gasteiger partial charge on any atom is -0.507 e. The molecule has 2 aliphatic rings. The summed E-state index contributed by atoms with van der Waals surface area (Å²) >= 11 is 6.31. The summed E-state index contributed by atoms with van der Waals surface area (Å²) in [6.07, 6.45) is 12.3. The van der Waals surface area contributed by atoms with Crippen LogP contribution in [-0.2, 0) is 6.42 Å². The van der Waals surface area contributed by atoms with Gasteiger partial charge in [0.1, 0.15) is 11.5 Å². The quantitative estimate of drug-likeness (QED) is 0.306. The van der Waals surface area contributed by atoms with Crippen molar-refractivity contribution < 1.29 is 19.0 Å². The van der Waals surface area contributed by atoms with Crippen LogP contribution in [0.3, 0.4) is 0 Å². The molecule has 0 saturated heterocycles. The van der Waals surface area contributed by atoms with Crippen LogP contribution in [0, 0.1) is 24.2 Å². The molecular formula is C27H37ClFNO3. The maximum Gasteiger partial charge on any atom is 0.228 e. The largest absolute Gasteiger partial charge is 0.507 e. The van der Waals surface area contributed by atoms with Gasteiger partial charge in [-0.3, -0.25) is 4.79 Å². The Labute approximate surface area is 202 Å². The Hall–Kier alpha value is -1.85. The van der Waals surface area contributed by atoms with E-state index in [0.29, 0.717) is 41.3 Å². The van der Waals surface area contributed by atoms with Gasteiger partial charge in [0, 0.05) is 17.6 Å². The van der Waals surface area contributed by atoms with E-state index in [2.05, 4.69) is 38.2 Å². The molecule has 4 atom stereocenters. The van der Waals surface area contributed by atoms with Crippen LogP contribution >= 0.6 is 11.6 Å². The van der Waals surface area contributed by atoms with Crippen molar-refractivity contribution in [2.45, 2.75) is 78.8 Å². The van der Waals surface area contributed by atoms with E-state index < -0.39 is 6.86 Å². The van der Waals surface area contributed by atoms with Crippen LogP contribution in [0.2, 0.25) is 5.02 Å². The van der Waals surface area contributed by atoms with Gasteiger partial charge in [0.05, 0.1) is 10.6 Å². The van der Waals surface area contributed by atoms with Crippen molar-refractivity contribution >= 4 is 17.9 Å². The second-order valence-electron chi connectivity index (χ2n) is 10.0. The molecule has 2 fully saturated rings. The third kappa shape index (κ3) is 5.46. The van der Waals surface area contributed by atoms with E-state index in [4.69, 9.17) is 16.3 Å². The number of aromatic hydroxyl groups is 1. The molecule has 6 heteroatoms. The van der Waals surface area contributed by atoms with Gasteiger partial charge in [0.25, 0.3) is 0 Å². The van der Waals surface area contributed by atoms with E-state index in [1.54, 1.807) is 6.92 Å². The van der Waals surface area contributed by atoms with Crippen molar-refractivity contribution in [3.63, 3.8) is 0 Å². The molecular weight excluding hydrogens is 441 g/mol. The van der Waals surface area contributed by atoms with Crippen LogP contribution in [0.15, 0.2) is 23.8 Å². The molecule has 1 aromatic rings. The van der Waals surface area contributed by atoms with Crippen LogP contribution in [0.1, 0.15) is 74.9 Å². The lowest BCUT2D eigenvalue weighted by atomic mass is 9.60. The maximum absolute atomic E-state index is 13.0. The van der Waals surface area contributed by atoms with E-state index >= 15 is 0 Å². The summed E-state index contributed by atoms with van der Waals surface area (Å²) in [5.74, 6) is 0.973. The number of nitrogens with one attached hydrogen (secondary N) is 1. The number of carbonyl (C=O) groups is 1. The van der Waals surface area contributed by atoms with Crippen LogP contribution in [-0.4, -0.2) is 30.3 Å². The highest BCUT2D eigenvalue weighted by Crippen LogP contribution is 2.47. The lowest BCUT2D eigenvalue weighted by Gasteiger charge is -2.48. The standard InChI is InChI=1S/C27H37ClFNO3/c1-16(6-10-21-25(32)22(14-31)18(3)24(28)26(21)33-15-29)12-13-27(5)17(2)7-11-23(19(27)4)30-20-8-9-20/h6,12-14,17,19-20,23,30,32H,7-11,15H2,1-5H3/b13-12+,16-6+/t17-,19+,23+,27+/m1/s1. The summed E-state index contributed by atoms with van der Waals surface area (Å²) in [6, 6.07) is 1.24. The van der Waals surface area contributed by atoms with Gasteiger partial charge in [-0.15, -0.1) is 0 Å². The van der Waals surface area contributed by atoms with Gasteiger partial charge in [-0.1, -0.05) is 56.2 Å². The Morgan fingerprint density at radius 1 is 1.30 bits per heavy atom. The van der Waals surface area contributed by atoms with E-state index in [0.717, 1.165) is 5.57 Å². The molecule has 0 bridgehead atoms. The highest BCUT2D eigenvalue weighted by Gasteiger charge is 2.43. The lowest BCUT2D eigenvalue weighted by Crippen LogP contribution is -2.49. The van der Waals surface area contributed by atoms with Crippen LogP contribution in [0.5, 0.6) is 11.5 Å². The predicted molar refractivity (Wildman–Crippen MR) is 132 cm³/mol. The Morgan fingerprint density at radius 2 is 2.00 bits per heavy atom. The zero-order valence-corrected chi connectivity index (χ0v) is 21.1. The molecule has 0 aliphatic heterocycles. The first kappa shape index (κ1) is 25.8. The lowest BCUT2D eigenvalue weighted by molar-refractivity contribution is 0.0785. The maximum atomic E-state index is 13.0. The number of phenols is 1. The fraction of sp³-hybridized carbons (Fsp3) is 0.593. The zero-order valence-electron chi connectivity index (χ0n) is 20.4. The number of carbonyl (C=O) groups excluding carboxylic acids is 1. The highest BCUT2D eigenvalue weighted by molar-refractivity contribution is 6.33. The van der Waals surface area contributed by atoms with E-state index in [-0.39, 0.29) is 33.9 Å². The topological polar surface area (TPSA) is 58.6 Å². The minimum absolute atomic E-state index is 0.0718. The molecule has 0 heterocycles. The Bertz CT molecular complexity index is 940. The van der Waals surface area contributed by atoms with Gasteiger partial charge in [0.15, 0.2) is 6.29 Å². The second kappa shape index (κ2) is 10.6. The first-order valence-corrected chi connectivity index (χ1v) is 12.3. The summed E-state index contributed by atoms with van der Waals surface area (Å²) in [5, 5.41) is 14.6. The summed E-state index contributed by atoms with van der Waals surface area (Å²) in [6.45, 7) is 9.57. The summed E-state index contributed by atoms with van der Waals surface area (Å²) < 4.78 is 18.1. The van der Waals surface area contributed by atoms with Gasteiger partial charge in [-0.2, -0.15) is 0 Å². The SMILES string of the molecule is CC(/C=C/[C@@]1(C)[C@H](C)CC[C@H](NC2CC2)[C@@H]1C)=C\Cc1c(O)c(C=O)c(C)c(Cl)c1OCF. The molecule has 4 nitrogen and oxygen atoms in total. The number of aldehydes is 1. The molecule has 2 aliphatic carbocycles. The van der Waals surface area contributed by atoms with Crippen LogP contribution in [0.4, 0.5) is 4.39 Å². The number of hydrogen-bond donors (Lipinski definition) is 2. The average Bonchev–Trinajstić information content (AvgIpc) is 3.61. The molecule has 0 aromatic heterocycles. The summed E-state index contributed by atoms with van der Waals surface area (Å²) in [5.41, 5.74) is 1.89. The van der Waals surface area contributed by atoms with Gasteiger partial charge in [-0.25, -0.2) is 4.39 Å². The number of rotatable bonds is 9. The van der Waals surface area contributed by atoms with Gasteiger partial charge < -0.3 is 15.2 Å². The molecule has 0 spiro atoms. The van der Waals surface area contributed by atoms with Gasteiger partial charge >= 0.3 is 0 Å². The Balaban J connectivity index is 1.82. The first-order chi connectivity index (χ1) is 15.6. The molecule has 1 aromatic carbocycles. The fourth-order valence-corrected chi connectivity index (χ4v) is 5.29. The third-order valence-electron chi connectivity index (χ3n) is 7.98. The Kier molecular flexibility index (Phi) is 8.28. The van der Waals surface area contributed by atoms with Crippen molar-refractivity contribution in [1.29, 1.82) is 0 Å². The molecule has 2 saturated carbocycles. The first-order valence-electron chi connectivity index (χ1n) is 11.9. The number of allylic oxidation sites excluding steroid dienone is 4. The number of phenolic OH excluding ortho intramolecular Hbond substituents is 1. The molecule has 0 unspecified atom stereocenters. The van der Waals surface area contributed by atoms with E-state index in [9.17, 15) is 14.3 Å². The van der Waals surface area contributed by atoms with Crippen molar-refractivity contribution in [3.8, 4) is 11.5 Å². The number of halogens is 2. The molecule has 0 radical (unpaired) electrons. The minimum atomic E-state index is -1.07. The third-order valence-corrected chi connectivity index (χ3v) is 8.44. The van der Waals surface area contributed by atoms with Crippen molar-refractivity contribution in [3.05, 3.63) is 45.5 Å². The zero-order chi connectivity index (χ0) is 24.3. The number of ether oxygens (including phenoxy) is 1. The molecule has 0 amide bonds. The smallest absolute Gasteiger partial charge is 0.228 e. The van der Waals surface area contributed by atoms with Gasteiger partial charge in [-0.05, 0) is 68.8 Å². The van der Waals surface area contributed by atoms with Crippen LogP contribution < -0.4 is 10.1 Å². The molecule has 33 heavy (non-hydrogen) atoms. The normalized spacial score (nSPS) is 28.3. The summed E-state index contributed by atoms with van der Waals surface area (Å²) in [7, 11) is 0. The number of benzene rings is 1. The highest BCUT2D eigenvalue weighted by atomic mass is 35.5. The van der Waals surface area contributed by atoms with Crippen molar-refractivity contribution in [2.24, 2.45) is 17.3 Å². The monoisotopic (exact) mass is 477 g/mol. The number of alkyl halides is 1. The second-order valence-corrected chi connectivity index (χ2v) is 10.4. The average molecular weight is 478 g/mol. The fourth-order valence-electron chi connectivity index (χ4n) is 5.02. The van der Waals surface area contributed by atoms with E-state index in [1.807, 2.05) is 13.0 Å². The predicted octanol–water partition coefficient (Wildman–Crippen LogP) is 6.71. The van der Waals surface area contributed by atoms with Crippen molar-refractivity contribution in [1.82, 2.24) is 5.32 Å². The Morgan fingerprint density at radius 3 is 2.61 bits per heavy atom. The summed E-state index contributed by atoms with van der Waals surface area (Å²) in [4.78, 5) is 11.5. The van der Waals surface area contributed by atoms with Crippen molar-refractivity contribution in [2.75, 3.05) is 6.86 Å². The molecule has 2 N–H and O–H groups in total. The number of hydrogen-bond acceptors (Lipinski definition) is 4. The molecule has 3 rings (SSSR count).